The van der Waals surface area contributed by atoms with Gasteiger partial charge in [-0.3, -0.25) is 4.79 Å². The zero-order valence-corrected chi connectivity index (χ0v) is 16.8. The Morgan fingerprint density at radius 2 is 2.14 bits per heavy atom. The van der Waals surface area contributed by atoms with E-state index in [0.29, 0.717) is 43.4 Å². The van der Waals surface area contributed by atoms with Gasteiger partial charge >= 0.3 is 0 Å². The molecular formula is C17H23N5O5S. The summed E-state index contributed by atoms with van der Waals surface area (Å²) in [5, 5.41) is 7.73. The van der Waals surface area contributed by atoms with Gasteiger partial charge in [-0.15, -0.1) is 0 Å². The van der Waals surface area contributed by atoms with Crippen LogP contribution in [0.2, 0.25) is 0 Å². The van der Waals surface area contributed by atoms with Crippen molar-refractivity contribution in [2.24, 2.45) is 5.92 Å². The smallest absolute Gasteiger partial charge is 0.276 e. The summed E-state index contributed by atoms with van der Waals surface area (Å²) in [7, 11) is -3.33. The maximum absolute atomic E-state index is 12.9. The molecule has 0 spiro atoms. The molecule has 2 aliphatic rings. The average molecular weight is 409 g/mol. The molecule has 2 fully saturated rings. The lowest BCUT2D eigenvalue weighted by atomic mass is 9.80. The lowest BCUT2D eigenvalue weighted by Gasteiger charge is -2.25. The highest BCUT2D eigenvalue weighted by Crippen LogP contribution is 2.50. The largest absolute Gasteiger partial charge is 0.361 e. The van der Waals surface area contributed by atoms with Crippen LogP contribution in [-0.4, -0.2) is 59.4 Å². The van der Waals surface area contributed by atoms with E-state index in [1.807, 2.05) is 0 Å². The Hall–Kier alpha value is -2.27. The standard InChI is InChI=1S/C17H23N5O5S/c1-4-28(24,25)21-13-6-12-8-22(15(23)14-5-10(2)26-20-14)9-17(12,7-13)16-18-11(3)19-27-16/h5,12-13,21H,4,6-9H2,1-3H3/t12?,13-,17+/m1/s1. The summed E-state index contributed by atoms with van der Waals surface area (Å²) in [6.07, 6.45) is 1.10. The Kier molecular flexibility index (Phi) is 4.53. The Bertz CT molecular complexity index is 999. The first-order valence-electron chi connectivity index (χ1n) is 9.26. The zero-order chi connectivity index (χ0) is 20.1. The molecule has 3 heterocycles. The van der Waals surface area contributed by atoms with Crippen molar-refractivity contribution in [1.82, 2.24) is 24.9 Å². The van der Waals surface area contributed by atoms with Gasteiger partial charge in [0.05, 0.1) is 11.2 Å². The van der Waals surface area contributed by atoms with Crippen LogP contribution in [0.1, 0.15) is 47.7 Å². The molecule has 152 valence electrons. The van der Waals surface area contributed by atoms with E-state index in [4.69, 9.17) is 9.05 Å². The van der Waals surface area contributed by atoms with Crippen LogP contribution in [0.5, 0.6) is 0 Å². The summed E-state index contributed by atoms with van der Waals surface area (Å²) in [4.78, 5) is 19.0. The molecule has 2 aromatic rings. The molecule has 1 unspecified atom stereocenters. The van der Waals surface area contributed by atoms with Gasteiger partial charge in [-0.1, -0.05) is 10.3 Å². The average Bonchev–Trinajstić information content (AvgIpc) is 3.37. The van der Waals surface area contributed by atoms with Crippen LogP contribution in [0.15, 0.2) is 15.1 Å². The number of hydrogen-bond acceptors (Lipinski definition) is 8. The molecule has 4 rings (SSSR count). The van der Waals surface area contributed by atoms with Crippen molar-refractivity contribution < 1.29 is 22.3 Å². The number of likely N-dealkylation sites (tertiary alicyclic amines) is 1. The molecule has 2 aromatic heterocycles. The number of nitrogens with one attached hydrogen (secondary N) is 1. The number of nitrogens with zero attached hydrogens (tertiary/aromatic N) is 4. The molecule has 1 saturated heterocycles. The van der Waals surface area contributed by atoms with Crippen LogP contribution in [0.3, 0.4) is 0 Å². The minimum absolute atomic E-state index is 0.00820. The predicted molar refractivity (Wildman–Crippen MR) is 97.0 cm³/mol. The van der Waals surface area contributed by atoms with Gasteiger partial charge in [-0.25, -0.2) is 13.1 Å². The van der Waals surface area contributed by atoms with Crippen LogP contribution >= 0.6 is 0 Å². The summed E-state index contributed by atoms with van der Waals surface area (Å²) in [6, 6.07) is 1.38. The molecule has 0 bridgehead atoms. The molecule has 3 atom stereocenters. The van der Waals surface area contributed by atoms with Gasteiger partial charge < -0.3 is 13.9 Å². The Morgan fingerprint density at radius 3 is 2.75 bits per heavy atom. The zero-order valence-electron chi connectivity index (χ0n) is 16.0. The minimum Gasteiger partial charge on any atom is -0.361 e. The monoisotopic (exact) mass is 409 g/mol. The molecule has 1 amide bonds. The summed E-state index contributed by atoms with van der Waals surface area (Å²) < 4.78 is 37.3. The first kappa shape index (κ1) is 19.1. The van der Waals surface area contributed by atoms with Gasteiger partial charge in [-0.2, -0.15) is 4.98 Å². The second kappa shape index (κ2) is 6.66. The molecule has 11 heteroatoms. The molecule has 1 saturated carbocycles. The molecule has 0 aromatic carbocycles. The third kappa shape index (κ3) is 3.22. The number of aromatic nitrogens is 3. The van der Waals surface area contributed by atoms with E-state index in [9.17, 15) is 13.2 Å². The number of hydrogen-bond donors (Lipinski definition) is 1. The van der Waals surface area contributed by atoms with E-state index < -0.39 is 15.4 Å². The molecule has 0 radical (unpaired) electrons. The molecule has 1 aliphatic carbocycles. The van der Waals surface area contributed by atoms with E-state index >= 15 is 0 Å². The SMILES string of the molecule is CCS(=O)(=O)N[C@@H]1CC2CN(C(=O)c3cc(C)on3)C[C@@]2(c2nc(C)no2)C1. The van der Waals surface area contributed by atoms with Gasteiger partial charge in [-0.05, 0) is 39.5 Å². The minimum atomic E-state index is -3.33. The third-order valence-corrected chi connectivity index (χ3v) is 7.14. The van der Waals surface area contributed by atoms with E-state index in [-0.39, 0.29) is 29.3 Å². The Morgan fingerprint density at radius 1 is 1.36 bits per heavy atom. The lowest BCUT2D eigenvalue weighted by molar-refractivity contribution is 0.0763. The maximum atomic E-state index is 12.9. The molecule has 1 N–H and O–H groups in total. The molecule has 1 aliphatic heterocycles. The van der Waals surface area contributed by atoms with Crippen molar-refractivity contribution in [3.05, 3.63) is 29.2 Å². The second-order valence-electron chi connectivity index (χ2n) is 7.67. The quantitative estimate of drug-likeness (QED) is 0.766. The van der Waals surface area contributed by atoms with Crippen LogP contribution in [-0.2, 0) is 15.4 Å². The van der Waals surface area contributed by atoms with Crippen LogP contribution in [0.25, 0.3) is 0 Å². The number of amides is 1. The van der Waals surface area contributed by atoms with Crippen LogP contribution in [0, 0.1) is 19.8 Å². The van der Waals surface area contributed by atoms with Gasteiger partial charge in [0.2, 0.25) is 15.9 Å². The lowest BCUT2D eigenvalue weighted by Crippen LogP contribution is -2.40. The van der Waals surface area contributed by atoms with Crippen LogP contribution < -0.4 is 4.72 Å². The van der Waals surface area contributed by atoms with E-state index in [0.717, 1.165) is 0 Å². The molecular weight excluding hydrogens is 386 g/mol. The van der Waals surface area contributed by atoms with Crippen molar-refractivity contribution in [1.29, 1.82) is 0 Å². The summed E-state index contributed by atoms with van der Waals surface area (Å²) in [6.45, 7) is 5.91. The van der Waals surface area contributed by atoms with Gasteiger partial charge in [0.25, 0.3) is 5.91 Å². The van der Waals surface area contributed by atoms with Gasteiger partial charge in [0, 0.05) is 25.2 Å². The summed E-state index contributed by atoms with van der Waals surface area (Å²) in [5.41, 5.74) is -0.311. The summed E-state index contributed by atoms with van der Waals surface area (Å²) in [5.74, 6) is 1.36. The fourth-order valence-electron chi connectivity index (χ4n) is 4.41. The normalized spacial score (nSPS) is 27.3. The third-order valence-electron chi connectivity index (χ3n) is 5.69. The maximum Gasteiger partial charge on any atom is 0.276 e. The number of sulfonamides is 1. The first-order chi connectivity index (χ1) is 13.2. The van der Waals surface area contributed by atoms with Gasteiger partial charge in [0.1, 0.15) is 5.76 Å². The highest BCUT2D eigenvalue weighted by Gasteiger charge is 2.58. The van der Waals surface area contributed by atoms with Crippen LogP contribution in [0.4, 0.5) is 0 Å². The number of carbonyl (C=O) groups excluding carboxylic acids is 1. The summed E-state index contributed by atoms with van der Waals surface area (Å²) >= 11 is 0. The number of aryl methyl sites for hydroxylation is 2. The Labute approximate surface area is 162 Å². The van der Waals surface area contributed by atoms with E-state index in [1.54, 1.807) is 31.7 Å². The predicted octanol–water partition coefficient (Wildman–Crippen LogP) is 0.786. The number of fused-ring (bicyclic) bond motifs is 1. The second-order valence-corrected chi connectivity index (χ2v) is 9.71. The van der Waals surface area contributed by atoms with Crippen molar-refractivity contribution in [3.8, 4) is 0 Å². The molecule has 28 heavy (non-hydrogen) atoms. The Balaban J connectivity index is 1.62. The highest BCUT2D eigenvalue weighted by atomic mass is 32.2. The van der Waals surface area contributed by atoms with Crippen molar-refractivity contribution in [2.75, 3.05) is 18.8 Å². The van der Waals surface area contributed by atoms with Gasteiger partial charge in [0.15, 0.2) is 11.5 Å². The fraction of sp³-hybridized carbons (Fsp3) is 0.647. The van der Waals surface area contributed by atoms with Crippen molar-refractivity contribution in [3.63, 3.8) is 0 Å². The topological polar surface area (TPSA) is 131 Å². The number of rotatable bonds is 5. The van der Waals surface area contributed by atoms with Crippen molar-refractivity contribution in [2.45, 2.75) is 45.1 Å². The number of carbonyl (C=O) groups is 1. The molecule has 10 nitrogen and oxygen atoms in total. The van der Waals surface area contributed by atoms with E-state index in [1.165, 1.54) is 0 Å². The highest BCUT2D eigenvalue weighted by molar-refractivity contribution is 7.89. The first-order valence-corrected chi connectivity index (χ1v) is 10.9. The van der Waals surface area contributed by atoms with E-state index in [2.05, 4.69) is 20.0 Å². The van der Waals surface area contributed by atoms with Crippen molar-refractivity contribution >= 4 is 15.9 Å². The fourth-order valence-corrected chi connectivity index (χ4v) is 5.27.